The zero-order valence-corrected chi connectivity index (χ0v) is 15.1. The molecule has 0 aliphatic heterocycles. The van der Waals surface area contributed by atoms with Gasteiger partial charge in [0, 0.05) is 19.5 Å². The van der Waals surface area contributed by atoms with Crippen LogP contribution in [0.25, 0.3) is 11.1 Å². The van der Waals surface area contributed by atoms with Crippen LogP contribution in [0.4, 0.5) is 0 Å². The smallest absolute Gasteiger partial charge is 0.419 e. The first-order chi connectivity index (χ1) is 13.1. The normalized spacial score (nSPS) is 12.1. The lowest BCUT2D eigenvalue weighted by Gasteiger charge is -2.13. The molecule has 1 atom stereocenters. The third kappa shape index (κ3) is 4.57. The van der Waals surface area contributed by atoms with Crippen molar-refractivity contribution in [3.63, 3.8) is 0 Å². The van der Waals surface area contributed by atoms with E-state index in [-0.39, 0.29) is 18.9 Å². The average molecular weight is 370 g/mol. The maximum atomic E-state index is 12.0. The minimum absolute atomic E-state index is 0.125. The molecule has 7 heteroatoms. The molecular formula is C20H22N2O5. The van der Waals surface area contributed by atoms with Crippen molar-refractivity contribution in [3.05, 3.63) is 64.6 Å². The van der Waals surface area contributed by atoms with Gasteiger partial charge in [0.15, 0.2) is 5.58 Å². The summed E-state index contributed by atoms with van der Waals surface area (Å²) in [5, 5.41) is 12.9. The lowest BCUT2D eigenvalue weighted by molar-refractivity contribution is -0.121. The Morgan fingerprint density at radius 1 is 1.22 bits per heavy atom. The standard InChI is InChI=1S/C20H22N2O5/c1-26-15-10-8-14(9-11-15)17(23)13-21-19(24)7-4-12-22-16-5-2-3-6-18(16)27-20(22)25/h2-3,5-6,8-11,17,23H,4,7,12-13H2,1H3,(H,21,24). The van der Waals surface area contributed by atoms with Gasteiger partial charge in [0.2, 0.25) is 5.91 Å². The molecule has 0 aliphatic rings. The van der Waals surface area contributed by atoms with Gasteiger partial charge in [-0.15, -0.1) is 0 Å². The Morgan fingerprint density at radius 2 is 1.96 bits per heavy atom. The van der Waals surface area contributed by atoms with Crippen molar-refractivity contribution in [2.45, 2.75) is 25.5 Å². The number of nitrogens with zero attached hydrogens (tertiary/aromatic N) is 1. The highest BCUT2D eigenvalue weighted by Gasteiger charge is 2.11. The van der Waals surface area contributed by atoms with Gasteiger partial charge < -0.3 is 19.6 Å². The van der Waals surface area contributed by atoms with Gasteiger partial charge in [-0.2, -0.15) is 0 Å². The number of methoxy groups -OCH3 is 1. The number of ether oxygens (including phenoxy) is 1. The molecule has 7 nitrogen and oxygen atoms in total. The Morgan fingerprint density at radius 3 is 2.70 bits per heavy atom. The van der Waals surface area contributed by atoms with Crippen molar-refractivity contribution in [2.75, 3.05) is 13.7 Å². The number of rotatable bonds is 8. The minimum Gasteiger partial charge on any atom is -0.497 e. The molecule has 0 fully saturated rings. The molecule has 0 spiro atoms. The van der Waals surface area contributed by atoms with Gasteiger partial charge in [0.1, 0.15) is 5.75 Å². The first-order valence-corrected chi connectivity index (χ1v) is 8.75. The second-order valence-corrected chi connectivity index (χ2v) is 6.18. The molecule has 142 valence electrons. The number of fused-ring (bicyclic) bond motifs is 1. The molecule has 0 aliphatic carbocycles. The first kappa shape index (κ1) is 18.7. The number of para-hydroxylation sites is 2. The van der Waals surface area contributed by atoms with Crippen LogP contribution in [-0.4, -0.2) is 29.2 Å². The lowest BCUT2D eigenvalue weighted by atomic mass is 10.1. The summed E-state index contributed by atoms with van der Waals surface area (Å²) in [5.74, 6) is 0.104. The van der Waals surface area contributed by atoms with Crippen LogP contribution in [0, 0.1) is 0 Å². The van der Waals surface area contributed by atoms with Crippen LogP contribution in [0.15, 0.2) is 57.7 Å². The molecule has 0 saturated heterocycles. The number of benzene rings is 2. The molecule has 1 amide bonds. The highest BCUT2D eigenvalue weighted by molar-refractivity contribution is 5.76. The van der Waals surface area contributed by atoms with Gasteiger partial charge in [0.25, 0.3) is 0 Å². The molecule has 0 saturated carbocycles. The third-order valence-electron chi connectivity index (χ3n) is 4.35. The van der Waals surface area contributed by atoms with E-state index in [0.717, 1.165) is 5.52 Å². The van der Waals surface area contributed by atoms with Crippen molar-refractivity contribution in [1.29, 1.82) is 0 Å². The van der Waals surface area contributed by atoms with Crippen LogP contribution in [0.5, 0.6) is 5.75 Å². The highest BCUT2D eigenvalue weighted by atomic mass is 16.5. The number of amides is 1. The number of carbonyl (C=O) groups excluding carboxylic acids is 1. The van der Waals surface area contributed by atoms with E-state index in [4.69, 9.17) is 9.15 Å². The third-order valence-corrected chi connectivity index (χ3v) is 4.35. The zero-order chi connectivity index (χ0) is 19.2. The average Bonchev–Trinajstić information content (AvgIpc) is 3.01. The number of aliphatic hydroxyl groups is 1. The second kappa shape index (κ2) is 8.55. The fourth-order valence-corrected chi connectivity index (χ4v) is 2.87. The van der Waals surface area contributed by atoms with E-state index in [2.05, 4.69) is 5.32 Å². The van der Waals surface area contributed by atoms with Crippen LogP contribution in [0.3, 0.4) is 0 Å². The molecule has 2 N–H and O–H groups in total. The number of aromatic nitrogens is 1. The maximum absolute atomic E-state index is 12.0. The maximum Gasteiger partial charge on any atom is 0.419 e. The van der Waals surface area contributed by atoms with Crippen molar-refractivity contribution >= 4 is 17.0 Å². The quantitative estimate of drug-likeness (QED) is 0.634. The Balaban J connectivity index is 1.46. The second-order valence-electron chi connectivity index (χ2n) is 6.18. The summed E-state index contributed by atoms with van der Waals surface area (Å²) in [7, 11) is 1.58. The fourth-order valence-electron chi connectivity index (χ4n) is 2.87. The summed E-state index contributed by atoms with van der Waals surface area (Å²) >= 11 is 0. The number of nitrogens with one attached hydrogen (secondary N) is 1. The SMILES string of the molecule is COc1ccc(C(O)CNC(=O)CCCn2c(=O)oc3ccccc32)cc1. The van der Waals surface area contributed by atoms with Crippen molar-refractivity contribution in [3.8, 4) is 5.75 Å². The topological polar surface area (TPSA) is 93.7 Å². The Kier molecular flexibility index (Phi) is 5.93. The number of aryl methyl sites for hydroxylation is 1. The van der Waals surface area contributed by atoms with Gasteiger partial charge in [-0.1, -0.05) is 24.3 Å². The van der Waals surface area contributed by atoms with E-state index in [9.17, 15) is 14.7 Å². The van der Waals surface area contributed by atoms with E-state index in [1.807, 2.05) is 12.1 Å². The number of oxazole rings is 1. The molecule has 1 aromatic heterocycles. The van der Waals surface area contributed by atoms with Gasteiger partial charge in [-0.3, -0.25) is 9.36 Å². The monoisotopic (exact) mass is 370 g/mol. The van der Waals surface area contributed by atoms with Gasteiger partial charge in [-0.25, -0.2) is 4.79 Å². The van der Waals surface area contributed by atoms with Crippen LogP contribution in [-0.2, 0) is 11.3 Å². The number of aliphatic hydroxyl groups excluding tert-OH is 1. The van der Waals surface area contributed by atoms with Gasteiger partial charge in [0.05, 0.1) is 18.7 Å². The summed E-state index contributed by atoms with van der Waals surface area (Å²) in [6, 6.07) is 14.2. The largest absolute Gasteiger partial charge is 0.497 e. The molecule has 27 heavy (non-hydrogen) atoms. The minimum atomic E-state index is -0.791. The highest BCUT2D eigenvalue weighted by Crippen LogP contribution is 2.17. The molecule has 1 heterocycles. The van der Waals surface area contributed by atoms with Crippen molar-refractivity contribution < 1.29 is 19.1 Å². The summed E-state index contributed by atoms with van der Waals surface area (Å²) in [6.45, 7) is 0.518. The summed E-state index contributed by atoms with van der Waals surface area (Å²) in [5.41, 5.74) is 1.96. The van der Waals surface area contributed by atoms with E-state index in [0.29, 0.717) is 29.9 Å². The van der Waals surface area contributed by atoms with Crippen LogP contribution >= 0.6 is 0 Å². The number of carbonyl (C=O) groups is 1. The number of hydrogen-bond donors (Lipinski definition) is 2. The summed E-state index contributed by atoms with van der Waals surface area (Å²) in [6.07, 6.45) is -0.0462. The van der Waals surface area contributed by atoms with Crippen molar-refractivity contribution in [2.24, 2.45) is 0 Å². The predicted molar refractivity (Wildman–Crippen MR) is 101 cm³/mol. The number of hydrogen-bond acceptors (Lipinski definition) is 5. The van der Waals surface area contributed by atoms with Gasteiger partial charge in [-0.05, 0) is 36.2 Å². The molecule has 2 aromatic carbocycles. The van der Waals surface area contributed by atoms with E-state index in [1.54, 1.807) is 43.5 Å². The molecule has 3 aromatic rings. The van der Waals surface area contributed by atoms with E-state index < -0.39 is 11.9 Å². The van der Waals surface area contributed by atoms with Gasteiger partial charge >= 0.3 is 5.76 Å². The van der Waals surface area contributed by atoms with Crippen LogP contribution in [0.2, 0.25) is 0 Å². The molecular weight excluding hydrogens is 348 g/mol. The predicted octanol–water partition coefficient (Wildman–Crippen LogP) is 2.23. The van der Waals surface area contributed by atoms with Crippen molar-refractivity contribution in [1.82, 2.24) is 9.88 Å². The Labute approximate surface area is 156 Å². The van der Waals surface area contributed by atoms with E-state index in [1.165, 1.54) is 4.57 Å². The van der Waals surface area contributed by atoms with Crippen LogP contribution < -0.4 is 15.8 Å². The van der Waals surface area contributed by atoms with E-state index >= 15 is 0 Å². The first-order valence-electron chi connectivity index (χ1n) is 8.75. The molecule has 0 radical (unpaired) electrons. The summed E-state index contributed by atoms with van der Waals surface area (Å²) in [4.78, 5) is 23.9. The Bertz CT molecular complexity index is 958. The Hall–Kier alpha value is -3.06. The van der Waals surface area contributed by atoms with Crippen LogP contribution in [0.1, 0.15) is 24.5 Å². The molecule has 0 bridgehead atoms. The summed E-state index contributed by atoms with van der Waals surface area (Å²) < 4.78 is 11.8. The molecule has 1 unspecified atom stereocenters. The molecule has 3 rings (SSSR count). The lowest BCUT2D eigenvalue weighted by Crippen LogP contribution is -2.28. The zero-order valence-electron chi connectivity index (χ0n) is 15.1. The fraction of sp³-hybridized carbons (Fsp3) is 0.300.